The summed E-state index contributed by atoms with van der Waals surface area (Å²) in [5.74, 6) is 1.58. The van der Waals surface area contributed by atoms with Gasteiger partial charge in [-0.2, -0.15) is 26.4 Å². The number of fused-ring (bicyclic) bond motifs is 1. The SMILES string of the molecule is CSC(C)CNc1cc(C)nc2ncnn12. The predicted octanol–water partition coefficient (Wildman–Crippen LogP) is 1.60. The lowest BCUT2D eigenvalue weighted by molar-refractivity contribution is 0.903. The zero-order chi connectivity index (χ0) is 11.5. The van der Waals surface area contributed by atoms with Crippen molar-refractivity contribution in [3.8, 4) is 0 Å². The van der Waals surface area contributed by atoms with E-state index in [0.29, 0.717) is 11.0 Å². The van der Waals surface area contributed by atoms with Gasteiger partial charge in [-0.05, 0) is 13.2 Å². The Morgan fingerprint density at radius 2 is 2.38 bits per heavy atom. The van der Waals surface area contributed by atoms with E-state index in [9.17, 15) is 0 Å². The zero-order valence-corrected chi connectivity index (χ0v) is 10.5. The molecular weight excluding hydrogens is 222 g/mol. The molecule has 1 unspecified atom stereocenters. The first-order valence-corrected chi connectivity index (χ1v) is 6.43. The number of thioether (sulfide) groups is 1. The van der Waals surface area contributed by atoms with Crippen molar-refractivity contribution in [1.29, 1.82) is 0 Å². The van der Waals surface area contributed by atoms with E-state index >= 15 is 0 Å². The third-order valence-electron chi connectivity index (χ3n) is 2.35. The Morgan fingerprint density at radius 3 is 3.12 bits per heavy atom. The summed E-state index contributed by atoms with van der Waals surface area (Å²) in [7, 11) is 0. The maximum Gasteiger partial charge on any atom is 0.254 e. The highest BCUT2D eigenvalue weighted by atomic mass is 32.2. The van der Waals surface area contributed by atoms with Gasteiger partial charge in [0.25, 0.3) is 5.78 Å². The van der Waals surface area contributed by atoms with Crippen LogP contribution in [0, 0.1) is 6.92 Å². The molecule has 0 aliphatic carbocycles. The van der Waals surface area contributed by atoms with Crippen molar-refractivity contribution in [3.05, 3.63) is 18.1 Å². The minimum Gasteiger partial charge on any atom is -0.369 e. The number of nitrogens with zero attached hydrogens (tertiary/aromatic N) is 4. The summed E-state index contributed by atoms with van der Waals surface area (Å²) in [6, 6.07) is 1.98. The van der Waals surface area contributed by atoms with Gasteiger partial charge in [-0.3, -0.25) is 0 Å². The first-order valence-electron chi connectivity index (χ1n) is 5.14. The van der Waals surface area contributed by atoms with Gasteiger partial charge in [0.2, 0.25) is 0 Å². The Labute approximate surface area is 98.7 Å². The van der Waals surface area contributed by atoms with Crippen LogP contribution < -0.4 is 5.32 Å². The molecule has 0 spiro atoms. The number of rotatable bonds is 4. The van der Waals surface area contributed by atoms with Gasteiger partial charge in [0.1, 0.15) is 12.1 Å². The topological polar surface area (TPSA) is 55.1 Å². The molecule has 2 rings (SSSR count). The summed E-state index contributed by atoms with van der Waals surface area (Å²) in [5.41, 5.74) is 0.944. The highest BCUT2D eigenvalue weighted by Gasteiger charge is 2.06. The summed E-state index contributed by atoms with van der Waals surface area (Å²) < 4.78 is 1.72. The molecule has 6 heteroatoms. The summed E-state index contributed by atoms with van der Waals surface area (Å²) in [5, 5.41) is 8.06. The van der Waals surface area contributed by atoms with E-state index in [1.165, 1.54) is 6.33 Å². The second-order valence-corrected chi connectivity index (χ2v) is 4.96. The first kappa shape index (κ1) is 11.2. The Kier molecular flexibility index (Phi) is 3.28. The molecule has 86 valence electrons. The molecule has 0 amide bonds. The van der Waals surface area contributed by atoms with E-state index in [0.717, 1.165) is 18.1 Å². The average Bonchev–Trinajstić information content (AvgIpc) is 2.73. The molecule has 0 aliphatic heterocycles. The van der Waals surface area contributed by atoms with Gasteiger partial charge in [0, 0.05) is 23.6 Å². The fraction of sp³-hybridized carbons (Fsp3) is 0.500. The molecule has 2 heterocycles. The molecule has 0 radical (unpaired) electrons. The van der Waals surface area contributed by atoms with Crippen molar-refractivity contribution in [2.45, 2.75) is 19.1 Å². The van der Waals surface area contributed by atoms with Crippen LogP contribution in [0.15, 0.2) is 12.4 Å². The Balaban J connectivity index is 2.25. The number of anilines is 1. The monoisotopic (exact) mass is 237 g/mol. The van der Waals surface area contributed by atoms with Gasteiger partial charge in [0.15, 0.2) is 0 Å². The van der Waals surface area contributed by atoms with Crippen LogP contribution in [0.2, 0.25) is 0 Å². The van der Waals surface area contributed by atoms with Crippen molar-refractivity contribution in [3.63, 3.8) is 0 Å². The molecule has 2 aromatic heterocycles. The lowest BCUT2D eigenvalue weighted by atomic mass is 10.4. The lowest BCUT2D eigenvalue weighted by Crippen LogP contribution is -2.15. The smallest absolute Gasteiger partial charge is 0.254 e. The first-order chi connectivity index (χ1) is 7.70. The van der Waals surface area contributed by atoms with E-state index in [2.05, 4.69) is 33.6 Å². The Hall–Kier alpha value is -1.30. The molecule has 0 aromatic carbocycles. The molecule has 16 heavy (non-hydrogen) atoms. The summed E-state index contributed by atoms with van der Waals surface area (Å²) in [4.78, 5) is 8.37. The van der Waals surface area contributed by atoms with Gasteiger partial charge >= 0.3 is 0 Å². The molecule has 1 atom stereocenters. The van der Waals surface area contributed by atoms with Gasteiger partial charge in [-0.25, -0.2) is 4.98 Å². The van der Waals surface area contributed by atoms with Gasteiger partial charge in [0.05, 0.1) is 0 Å². The maximum atomic E-state index is 4.29. The average molecular weight is 237 g/mol. The summed E-state index contributed by atoms with van der Waals surface area (Å²) in [6.07, 6.45) is 3.63. The Morgan fingerprint density at radius 1 is 1.56 bits per heavy atom. The number of aromatic nitrogens is 4. The molecular formula is C10H15N5S. The van der Waals surface area contributed by atoms with Crippen LogP contribution in [0.25, 0.3) is 5.78 Å². The summed E-state index contributed by atoms with van der Waals surface area (Å²) >= 11 is 1.83. The fourth-order valence-electron chi connectivity index (χ4n) is 1.39. The van der Waals surface area contributed by atoms with Gasteiger partial charge in [-0.1, -0.05) is 6.92 Å². The predicted molar refractivity (Wildman–Crippen MR) is 67.0 cm³/mol. The number of hydrogen-bond donors (Lipinski definition) is 1. The van der Waals surface area contributed by atoms with Crippen LogP contribution in [-0.4, -0.2) is 37.6 Å². The number of nitrogens with one attached hydrogen (secondary N) is 1. The van der Waals surface area contributed by atoms with E-state index in [4.69, 9.17) is 0 Å². The van der Waals surface area contributed by atoms with Crippen molar-refractivity contribution in [1.82, 2.24) is 19.6 Å². The quantitative estimate of drug-likeness (QED) is 0.875. The third-order valence-corrected chi connectivity index (χ3v) is 3.32. The second kappa shape index (κ2) is 4.69. The van der Waals surface area contributed by atoms with Crippen LogP contribution in [0.1, 0.15) is 12.6 Å². The maximum absolute atomic E-state index is 4.29. The highest BCUT2D eigenvalue weighted by molar-refractivity contribution is 7.99. The molecule has 0 aliphatic rings. The standard InChI is InChI=1S/C10H15N5S/c1-7-4-9(11-5-8(2)16-3)15-10(14-7)12-6-13-15/h4,6,8,11H,5H2,1-3H3. The Bertz CT molecular complexity index is 481. The van der Waals surface area contributed by atoms with E-state index < -0.39 is 0 Å². The fourth-order valence-corrected chi connectivity index (χ4v) is 1.64. The van der Waals surface area contributed by atoms with Crippen LogP contribution in [0.3, 0.4) is 0 Å². The molecule has 0 saturated carbocycles. The van der Waals surface area contributed by atoms with Gasteiger partial charge in [-0.15, -0.1) is 0 Å². The molecule has 1 N–H and O–H groups in total. The third kappa shape index (κ3) is 2.27. The number of aryl methyl sites for hydroxylation is 1. The van der Waals surface area contributed by atoms with Crippen LogP contribution in [0.5, 0.6) is 0 Å². The van der Waals surface area contributed by atoms with E-state index in [1.54, 1.807) is 4.52 Å². The molecule has 5 nitrogen and oxygen atoms in total. The second-order valence-electron chi connectivity index (χ2n) is 3.68. The highest BCUT2D eigenvalue weighted by Crippen LogP contribution is 2.12. The van der Waals surface area contributed by atoms with Crippen LogP contribution >= 0.6 is 11.8 Å². The van der Waals surface area contributed by atoms with E-state index in [1.807, 2.05) is 24.8 Å². The molecule has 0 bridgehead atoms. The van der Waals surface area contributed by atoms with Crippen molar-refractivity contribution < 1.29 is 0 Å². The van der Waals surface area contributed by atoms with Crippen LogP contribution in [0.4, 0.5) is 5.82 Å². The molecule has 0 saturated heterocycles. The van der Waals surface area contributed by atoms with Crippen molar-refractivity contribution in [2.75, 3.05) is 18.1 Å². The minimum atomic E-state index is 0.562. The van der Waals surface area contributed by atoms with Crippen LogP contribution in [-0.2, 0) is 0 Å². The van der Waals surface area contributed by atoms with Crippen molar-refractivity contribution >= 4 is 23.4 Å². The van der Waals surface area contributed by atoms with E-state index in [-0.39, 0.29) is 0 Å². The molecule has 0 fully saturated rings. The lowest BCUT2D eigenvalue weighted by Gasteiger charge is -2.12. The van der Waals surface area contributed by atoms with Crippen molar-refractivity contribution in [2.24, 2.45) is 0 Å². The van der Waals surface area contributed by atoms with Gasteiger partial charge < -0.3 is 5.32 Å². The number of hydrogen-bond acceptors (Lipinski definition) is 5. The molecule has 2 aromatic rings. The normalized spacial score (nSPS) is 12.9. The zero-order valence-electron chi connectivity index (χ0n) is 9.64. The summed E-state index contributed by atoms with van der Waals surface area (Å²) in [6.45, 7) is 5.04. The minimum absolute atomic E-state index is 0.562. The largest absolute Gasteiger partial charge is 0.369 e.